The van der Waals surface area contributed by atoms with Gasteiger partial charge < -0.3 is 0 Å². The molecule has 2 aromatic heterocycles. The van der Waals surface area contributed by atoms with Crippen LogP contribution in [0.3, 0.4) is 0 Å². The number of pyridine rings is 1. The van der Waals surface area contributed by atoms with E-state index in [4.69, 9.17) is 11.6 Å². The molecular weight excluding hydrogens is 292 g/mol. The number of hydrogen-bond acceptors (Lipinski definition) is 1. The second-order valence-corrected chi connectivity index (χ2v) is 6.28. The van der Waals surface area contributed by atoms with Gasteiger partial charge in [-0.2, -0.15) is 0 Å². The van der Waals surface area contributed by atoms with Gasteiger partial charge in [0, 0.05) is 23.2 Å². The third-order valence-corrected chi connectivity index (χ3v) is 4.94. The van der Waals surface area contributed by atoms with Crippen molar-refractivity contribution in [3.05, 3.63) is 59.4 Å². The molecule has 110 valence electrons. The molecule has 2 nitrogen and oxygen atoms in total. The summed E-state index contributed by atoms with van der Waals surface area (Å²) in [6.45, 7) is 4.48. The Kier molecular flexibility index (Phi) is 3.08. The summed E-state index contributed by atoms with van der Waals surface area (Å²) in [4.78, 5) is 4.54. The van der Waals surface area contributed by atoms with Gasteiger partial charge in [-0.05, 0) is 35.4 Å². The predicted octanol–water partition coefficient (Wildman–Crippen LogP) is 5.81. The summed E-state index contributed by atoms with van der Waals surface area (Å²) >= 11 is 6.54. The van der Waals surface area contributed by atoms with E-state index in [-0.39, 0.29) is 0 Å². The third-order valence-electron chi connectivity index (χ3n) is 4.63. The highest BCUT2D eigenvalue weighted by atomic mass is 35.5. The maximum Gasteiger partial charge on any atom is 0.145 e. The van der Waals surface area contributed by atoms with Crippen molar-refractivity contribution in [1.82, 2.24) is 9.38 Å². The molecule has 0 fully saturated rings. The minimum Gasteiger partial charge on any atom is -0.299 e. The van der Waals surface area contributed by atoms with E-state index in [1.807, 2.05) is 24.5 Å². The van der Waals surface area contributed by atoms with Gasteiger partial charge in [0.05, 0.1) is 10.5 Å². The molecule has 0 radical (unpaired) electrons. The summed E-state index contributed by atoms with van der Waals surface area (Å²) in [6.07, 6.45) is 4.97. The Hall–Kier alpha value is -2.06. The Bertz CT molecular complexity index is 1000. The lowest BCUT2D eigenvalue weighted by molar-refractivity contribution is 0.735. The van der Waals surface area contributed by atoms with Crippen molar-refractivity contribution >= 4 is 38.9 Å². The van der Waals surface area contributed by atoms with Crippen molar-refractivity contribution in [2.45, 2.75) is 26.2 Å². The molecule has 2 heterocycles. The van der Waals surface area contributed by atoms with Gasteiger partial charge in [0.15, 0.2) is 0 Å². The first-order chi connectivity index (χ1) is 10.7. The largest absolute Gasteiger partial charge is 0.299 e. The SMILES string of the molecule is CCC(C)c1ccc2c(c1)c1c(Cl)cccc1n1ccnc21. The number of benzene rings is 2. The van der Waals surface area contributed by atoms with E-state index < -0.39 is 0 Å². The Balaban J connectivity index is 2.25. The van der Waals surface area contributed by atoms with Crippen LogP contribution in [0.4, 0.5) is 0 Å². The normalized spacial score (nSPS) is 13.2. The topological polar surface area (TPSA) is 17.3 Å². The molecule has 0 N–H and O–H groups in total. The fourth-order valence-corrected chi connectivity index (χ4v) is 3.45. The van der Waals surface area contributed by atoms with Crippen LogP contribution in [0.25, 0.3) is 27.3 Å². The second kappa shape index (κ2) is 4.99. The zero-order valence-electron chi connectivity index (χ0n) is 12.7. The molecule has 0 bridgehead atoms. The number of fused-ring (bicyclic) bond motifs is 6. The molecule has 0 spiro atoms. The number of aromatic nitrogens is 2. The molecule has 4 aromatic rings. The van der Waals surface area contributed by atoms with Crippen molar-refractivity contribution in [3.63, 3.8) is 0 Å². The van der Waals surface area contributed by atoms with Crippen molar-refractivity contribution in [2.24, 2.45) is 0 Å². The van der Waals surface area contributed by atoms with Crippen LogP contribution in [0.5, 0.6) is 0 Å². The van der Waals surface area contributed by atoms with Crippen molar-refractivity contribution in [1.29, 1.82) is 0 Å². The monoisotopic (exact) mass is 308 g/mol. The highest BCUT2D eigenvalue weighted by Crippen LogP contribution is 2.35. The summed E-state index contributed by atoms with van der Waals surface area (Å²) in [7, 11) is 0. The number of nitrogens with zero attached hydrogens (tertiary/aromatic N) is 2. The molecule has 0 saturated carbocycles. The molecule has 4 rings (SSSR count). The molecule has 0 aliphatic rings. The number of hydrogen-bond donors (Lipinski definition) is 0. The predicted molar refractivity (Wildman–Crippen MR) is 93.9 cm³/mol. The summed E-state index contributed by atoms with van der Waals surface area (Å²) in [5.74, 6) is 0.540. The Morgan fingerprint density at radius 3 is 2.86 bits per heavy atom. The van der Waals surface area contributed by atoms with Gasteiger partial charge >= 0.3 is 0 Å². The Morgan fingerprint density at radius 2 is 2.05 bits per heavy atom. The van der Waals surface area contributed by atoms with Crippen LogP contribution in [0.1, 0.15) is 31.7 Å². The standard InChI is InChI=1S/C19H17ClN2/c1-3-12(2)13-7-8-14-15(11-13)18-16(20)5-4-6-17(18)22-10-9-21-19(14)22/h4-12H,3H2,1-2H3. The molecule has 1 unspecified atom stereocenters. The Morgan fingerprint density at radius 1 is 1.18 bits per heavy atom. The van der Waals surface area contributed by atoms with Gasteiger partial charge in [-0.3, -0.25) is 4.40 Å². The number of halogens is 1. The van der Waals surface area contributed by atoms with Crippen LogP contribution in [-0.2, 0) is 0 Å². The lowest BCUT2D eigenvalue weighted by atomic mass is 9.95. The highest BCUT2D eigenvalue weighted by Gasteiger charge is 2.13. The molecule has 0 aliphatic heterocycles. The van der Waals surface area contributed by atoms with E-state index >= 15 is 0 Å². The van der Waals surface area contributed by atoms with E-state index in [0.717, 1.165) is 33.4 Å². The fraction of sp³-hybridized carbons (Fsp3) is 0.211. The molecular formula is C19H17ClN2. The Labute approximate surface area is 134 Å². The van der Waals surface area contributed by atoms with Crippen LogP contribution >= 0.6 is 11.6 Å². The van der Waals surface area contributed by atoms with Crippen LogP contribution in [0.2, 0.25) is 5.02 Å². The maximum atomic E-state index is 6.54. The van der Waals surface area contributed by atoms with Gasteiger partial charge in [0.1, 0.15) is 5.65 Å². The van der Waals surface area contributed by atoms with Gasteiger partial charge in [-0.15, -0.1) is 0 Å². The van der Waals surface area contributed by atoms with Gasteiger partial charge in [0.2, 0.25) is 0 Å². The molecule has 2 aromatic carbocycles. The van der Waals surface area contributed by atoms with E-state index in [9.17, 15) is 0 Å². The van der Waals surface area contributed by atoms with Gasteiger partial charge in [0.25, 0.3) is 0 Å². The van der Waals surface area contributed by atoms with Gasteiger partial charge in [-0.25, -0.2) is 4.98 Å². The summed E-state index contributed by atoms with van der Waals surface area (Å²) in [5, 5.41) is 4.24. The molecule has 3 heteroatoms. The van der Waals surface area contributed by atoms with Gasteiger partial charge in [-0.1, -0.05) is 49.7 Å². The summed E-state index contributed by atoms with van der Waals surface area (Å²) < 4.78 is 2.12. The molecule has 0 aliphatic carbocycles. The van der Waals surface area contributed by atoms with Crippen LogP contribution in [0, 0.1) is 0 Å². The molecule has 0 saturated heterocycles. The van der Waals surface area contributed by atoms with E-state index in [2.05, 4.69) is 47.5 Å². The first-order valence-corrected chi connectivity index (χ1v) is 8.05. The second-order valence-electron chi connectivity index (χ2n) is 5.87. The third kappa shape index (κ3) is 1.84. The van der Waals surface area contributed by atoms with Crippen molar-refractivity contribution < 1.29 is 0 Å². The average molecular weight is 309 g/mol. The van der Waals surface area contributed by atoms with Crippen LogP contribution in [-0.4, -0.2) is 9.38 Å². The highest BCUT2D eigenvalue weighted by molar-refractivity contribution is 6.38. The smallest absolute Gasteiger partial charge is 0.145 e. The number of rotatable bonds is 2. The summed E-state index contributed by atoms with van der Waals surface area (Å²) in [6, 6.07) is 12.7. The quantitative estimate of drug-likeness (QED) is 0.427. The van der Waals surface area contributed by atoms with Crippen molar-refractivity contribution in [2.75, 3.05) is 0 Å². The lowest BCUT2D eigenvalue weighted by Gasteiger charge is -2.13. The fourth-order valence-electron chi connectivity index (χ4n) is 3.18. The minimum absolute atomic E-state index is 0.540. The molecule has 1 atom stereocenters. The van der Waals surface area contributed by atoms with E-state index in [0.29, 0.717) is 5.92 Å². The van der Waals surface area contributed by atoms with E-state index in [1.54, 1.807) is 0 Å². The van der Waals surface area contributed by atoms with E-state index in [1.165, 1.54) is 10.9 Å². The zero-order chi connectivity index (χ0) is 15.3. The average Bonchev–Trinajstić information content (AvgIpc) is 3.03. The maximum absolute atomic E-state index is 6.54. The van der Waals surface area contributed by atoms with Crippen LogP contribution < -0.4 is 0 Å². The van der Waals surface area contributed by atoms with Crippen molar-refractivity contribution in [3.8, 4) is 0 Å². The minimum atomic E-state index is 0.540. The molecule has 22 heavy (non-hydrogen) atoms. The number of imidazole rings is 1. The first kappa shape index (κ1) is 13.6. The summed E-state index contributed by atoms with van der Waals surface area (Å²) in [5.41, 5.74) is 3.45. The first-order valence-electron chi connectivity index (χ1n) is 7.67. The van der Waals surface area contributed by atoms with Crippen LogP contribution in [0.15, 0.2) is 48.8 Å². The zero-order valence-corrected chi connectivity index (χ0v) is 13.4. The lowest BCUT2D eigenvalue weighted by Crippen LogP contribution is -1.95. The molecule has 0 amide bonds.